The molecule has 1 amide bonds. The molecule has 21 heavy (non-hydrogen) atoms. The Balaban J connectivity index is 1.90. The predicted molar refractivity (Wildman–Crippen MR) is 76.8 cm³/mol. The van der Waals surface area contributed by atoms with E-state index in [-0.39, 0.29) is 11.9 Å². The third-order valence-corrected chi connectivity index (χ3v) is 3.68. The minimum atomic E-state index is -0.0229. The molecule has 2 aromatic heterocycles. The van der Waals surface area contributed by atoms with E-state index in [9.17, 15) is 4.79 Å². The summed E-state index contributed by atoms with van der Waals surface area (Å²) >= 11 is 0. The molecule has 1 fully saturated rings. The fraction of sp³-hybridized carbons (Fsp3) is 0.571. The minimum absolute atomic E-state index is 0.0229. The number of ether oxygens (including phenoxy) is 1. The van der Waals surface area contributed by atoms with Crippen molar-refractivity contribution in [3.8, 4) is 0 Å². The van der Waals surface area contributed by atoms with Gasteiger partial charge in [0.1, 0.15) is 5.52 Å². The first-order valence-corrected chi connectivity index (χ1v) is 7.21. The van der Waals surface area contributed by atoms with Crippen LogP contribution < -0.4 is 0 Å². The zero-order valence-corrected chi connectivity index (χ0v) is 12.2. The van der Waals surface area contributed by atoms with Gasteiger partial charge in [0.05, 0.1) is 24.8 Å². The number of fused-ring (bicyclic) bond motifs is 1. The number of morpholine rings is 1. The number of amides is 1. The first kappa shape index (κ1) is 13.9. The first-order valence-electron chi connectivity index (χ1n) is 7.21. The summed E-state index contributed by atoms with van der Waals surface area (Å²) in [6, 6.07) is 1.82. The van der Waals surface area contributed by atoms with Crippen LogP contribution in [0.4, 0.5) is 0 Å². The Morgan fingerprint density at radius 2 is 2.38 bits per heavy atom. The van der Waals surface area contributed by atoms with E-state index in [2.05, 4.69) is 34.2 Å². The van der Waals surface area contributed by atoms with Crippen LogP contribution in [0.25, 0.3) is 11.2 Å². The fourth-order valence-corrected chi connectivity index (χ4v) is 2.75. The molecule has 1 aliphatic heterocycles. The summed E-state index contributed by atoms with van der Waals surface area (Å²) in [6.07, 6.45) is 2.52. The molecule has 0 spiro atoms. The normalized spacial score (nSPS) is 19.4. The molecule has 1 unspecified atom stereocenters. The van der Waals surface area contributed by atoms with Gasteiger partial charge in [0.25, 0.3) is 5.91 Å². The Kier molecular flexibility index (Phi) is 3.83. The van der Waals surface area contributed by atoms with Crippen molar-refractivity contribution < 1.29 is 9.53 Å². The number of rotatable bonds is 3. The number of carbonyl (C=O) groups is 1. The maximum absolute atomic E-state index is 12.9. The molecule has 0 aliphatic carbocycles. The molecular weight excluding hydrogens is 270 g/mol. The SMILES string of the molecule is CC(C)CC1COCCN1C(=O)c1ccnc2n[nH]nc12. The highest BCUT2D eigenvalue weighted by Crippen LogP contribution is 2.20. The number of hydrogen-bond donors (Lipinski definition) is 1. The highest BCUT2D eigenvalue weighted by atomic mass is 16.5. The van der Waals surface area contributed by atoms with Crippen LogP contribution in [0, 0.1) is 5.92 Å². The second kappa shape index (κ2) is 5.77. The second-order valence-electron chi connectivity index (χ2n) is 5.71. The maximum atomic E-state index is 12.9. The number of pyridine rings is 1. The monoisotopic (exact) mass is 289 g/mol. The fourth-order valence-electron chi connectivity index (χ4n) is 2.75. The maximum Gasteiger partial charge on any atom is 0.256 e. The van der Waals surface area contributed by atoms with Crippen LogP contribution in [0.5, 0.6) is 0 Å². The Bertz CT molecular complexity index is 639. The summed E-state index contributed by atoms with van der Waals surface area (Å²) in [7, 11) is 0. The molecule has 112 valence electrons. The van der Waals surface area contributed by atoms with Crippen molar-refractivity contribution in [3.63, 3.8) is 0 Å². The van der Waals surface area contributed by atoms with E-state index in [0.29, 0.717) is 42.4 Å². The average molecular weight is 289 g/mol. The van der Waals surface area contributed by atoms with Gasteiger partial charge in [0, 0.05) is 12.7 Å². The summed E-state index contributed by atoms with van der Waals surface area (Å²) in [5.74, 6) is 0.488. The number of aromatic amines is 1. The van der Waals surface area contributed by atoms with E-state index in [1.807, 2.05) is 4.90 Å². The molecule has 1 saturated heterocycles. The molecule has 3 rings (SSSR count). The van der Waals surface area contributed by atoms with Crippen molar-refractivity contribution in [2.45, 2.75) is 26.3 Å². The van der Waals surface area contributed by atoms with Gasteiger partial charge in [0.15, 0.2) is 0 Å². The third-order valence-electron chi connectivity index (χ3n) is 3.68. The van der Waals surface area contributed by atoms with Gasteiger partial charge in [-0.3, -0.25) is 4.79 Å². The molecule has 3 heterocycles. The van der Waals surface area contributed by atoms with Gasteiger partial charge >= 0.3 is 0 Å². The number of hydrogen-bond acceptors (Lipinski definition) is 5. The highest BCUT2D eigenvalue weighted by molar-refractivity contribution is 6.03. The van der Waals surface area contributed by atoms with Crippen LogP contribution in [0.3, 0.4) is 0 Å². The topological polar surface area (TPSA) is 84.0 Å². The second-order valence-corrected chi connectivity index (χ2v) is 5.71. The number of H-pyrrole nitrogens is 1. The van der Waals surface area contributed by atoms with E-state index in [1.54, 1.807) is 12.3 Å². The van der Waals surface area contributed by atoms with E-state index >= 15 is 0 Å². The quantitative estimate of drug-likeness (QED) is 0.919. The van der Waals surface area contributed by atoms with Crippen LogP contribution in [-0.4, -0.2) is 57.0 Å². The zero-order chi connectivity index (χ0) is 14.8. The van der Waals surface area contributed by atoms with Gasteiger partial charge in [-0.2, -0.15) is 10.3 Å². The Morgan fingerprint density at radius 3 is 3.19 bits per heavy atom. The van der Waals surface area contributed by atoms with Crippen LogP contribution in [-0.2, 0) is 4.74 Å². The summed E-state index contributed by atoms with van der Waals surface area (Å²) in [4.78, 5) is 18.9. The molecule has 0 aromatic carbocycles. The summed E-state index contributed by atoms with van der Waals surface area (Å²) < 4.78 is 5.53. The molecule has 7 heteroatoms. The van der Waals surface area contributed by atoms with Crippen molar-refractivity contribution in [1.29, 1.82) is 0 Å². The van der Waals surface area contributed by atoms with E-state index in [4.69, 9.17) is 4.74 Å². The van der Waals surface area contributed by atoms with Crippen molar-refractivity contribution in [3.05, 3.63) is 17.8 Å². The Hall–Kier alpha value is -2.02. The highest BCUT2D eigenvalue weighted by Gasteiger charge is 2.30. The lowest BCUT2D eigenvalue weighted by Gasteiger charge is -2.36. The molecule has 7 nitrogen and oxygen atoms in total. The number of nitrogens with one attached hydrogen (secondary N) is 1. The standard InChI is InChI=1S/C14H19N5O2/c1-9(2)7-10-8-21-6-5-19(10)14(20)11-3-4-15-13-12(11)16-18-17-13/h3-4,9-10H,5-8H2,1-2H3,(H,15,16,17,18). The van der Waals surface area contributed by atoms with Gasteiger partial charge in [-0.1, -0.05) is 13.8 Å². The lowest BCUT2D eigenvalue weighted by molar-refractivity contribution is -0.00737. The minimum Gasteiger partial charge on any atom is -0.377 e. The van der Waals surface area contributed by atoms with Crippen molar-refractivity contribution >= 4 is 17.1 Å². The van der Waals surface area contributed by atoms with E-state index in [1.165, 1.54) is 0 Å². The molecule has 0 bridgehead atoms. The van der Waals surface area contributed by atoms with Gasteiger partial charge < -0.3 is 9.64 Å². The molecule has 1 aliphatic rings. The number of carbonyl (C=O) groups excluding carboxylic acids is 1. The Labute approximate surface area is 122 Å². The van der Waals surface area contributed by atoms with Crippen LogP contribution in [0.15, 0.2) is 12.3 Å². The van der Waals surface area contributed by atoms with Crippen LogP contribution in [0.1, 0.15) is 30.6 Å². The van der Waals surface area contributed by atoms with Gasteiger partial charge in [-0.15, -0.1) is 5.10 Å². The van der Waals surface area contributed by atoms with Crippen molar-refractivity contribution in [1.82, 2.24) is 25.3 Å². The lowest BCUT2D eigenvalue weighted by atomic mass is 10.0. The molecule has 0 radical (unpaired) electrons. The summed E-state index contributed by atoms with van der Waals surface area (Å²) in [5.41, 5.74) is 1.54. The van der Waals surface area contributed by atoms with Crippen molar-refractivity contribution in [2.75, 3.05) is 19.8 Å². The molecular formula is C14H19N5O2. The van der Waals surface area contributed by atoms with Gasteiger partial charge in [-0.25, -0.2) is 4.98 Å². The average Bonchev–Trinajstić information content (AvgIpc) is 2.95. The summed E-state index contributed by atoms with van der Waals surface area (Å²) in [5, 5.41) is 10.5. The third kappa shape index (κ3) is 2.73. The molecule has 1 atom stereocenters. The smallest absolute Gasteiger partial charge is 0.256 e. The van der Waals surface area contributed by atoms with Crippen LogP contribution >= 0.6 is 0 Å². The largest absolute Gasteiger partial charge is 0.377 e. The van der Waals surface area contributed by atoms with E-state index < -0.39 is 0 Å². The number of nitrogens with zero attached hydrogens (tertiary/aromatic N) is 4. The van der Waals surface area contributed by atoms with Gasteiger partial charge in [-0.05, 0) is 18.4 Å². The van der Waals surface area contributed by atoms with Crippen molar-refractivity contribution in [2.24, 2.45) is 5.92 Å². The van der Waals surface area contributed by atoms with Crippen LogP contribution in [0.2, 0.25) is 0 Å². The molecule has 1 N–H and O–H groups in total. The molecule has 2 aromatic rings. The first-order chi connectivity index (χ1) is 10.2. The zero-order valence-electron chi connectivity index (χ0n) is 12.2. The molecule has 0 saturated carbocycles. The van der Waals surface area contributed by atoms with Gasteiger partial charge in [0.2, 0.25) is 5.65 Å². The Morgan fingerprint density at radius 1 is 1.52 bits per heavy atom. The predicted octanol–water partition coefficient (Wildman–Crippen LogP) is 1.24. The lowest BCUT2D eigenvalue weighted by Crippen LogP contribution is -2.49. The van der Waals surface area contributed by atoms with E-state index in [0.717, 1.165) is 6.42 Å². The summed E-state index contributed by atoms with van der Waals surface area (Å²) in [6.45, 7) is 6.08. The number of aromatic nitrogens is 4.